The molecule has 0 radical (unpaired) electrons. The second kappa shape index (κ2) is 8.24. The van der Waals surface area contributed by atoms with E-state index in [4.69, 9.17) is 4.74 Å². The lowest BCUT2D eigenvalue weighted by Crippen LogP contribution is -2.38. The highest BCUT2D eigenvalue weighted by Gasteiger charge is 2.32. The zero-order chi connectivity index (χ0) is 21.4. The molecule has 1 fully saturated rings. The van der Waals surface area contributed by atoms with Gasteiger partial charge in [-0.1, -0.05) is 24.3 Å². The first-order chi connectivity index (χ1) is 15.0. The van der Waals surface area contributed by atoms with E-state index in [-0.39, 0.29) is 11.5 Å². The van der Waals surface area contributed by atoms with Crippen LogP contribution >= 0.6 is 11.3 Å². The van der Waals surface area contributed by atoms with Crippen LogP contribution in [0.5, 0.6) is 5.75 Å². The summed E-state index contributed by atoms with van der Waals surface area (Å²) in [5, 5.41) is 4.18. The molecule has 1 N–H and O–H groups in total. The first-order valence-electron chi connectivity index (χ1n) is 11.1. The smallest absolute Gasteiger partial charge is 0.261 e. The Hall–Kier alpha value is -2.44. The number of hydrogen-bond donors (Lipinski definition) is 1. The number of benzene rings is 1. The molecule has 0 unspecified atom stereocenters. The summed E-state index contributed by atoms with van der Waals surface area (Å²) in [6.45, 7) is 8.11. The predicted molar refractivity (Wildman–Crippen MR) is 125 cm³/mol. The number of thiophene rings is 1. The average molecular weight is 436 g/mol. The van der Waals surface area contributed by atoms with Crippen molar-refractivity contribution in [2.45, 2.75) is 45.3 Å². The zero-order valence-corrected chi connectivity index (χ0v) is 19.0. The van der Waals surface area contributed by atoms with Gasteiger partial charge in [0.05, 0.1) is 4.88 Å². The molecule has 0 aliphatic carbocycles. The van der Waals surface area contributed by atoms with Crippen molar-refractivity contribution in [2.75, 3.05) is 19.6 Å². The molecular weight excluding hydrogens is 406 g/mol. The van der Waals surface area contributed by atoms with E-state index in [9.17, 15) is 4.79 Å². The van der Waals surface area contributed by atoms with Crippen molar-refractivity contribution in [3.8, 4) is 5.75 Å². The van der Waals surface area contributed by atoms with Gasteiger partial charge in [-0.15, -0.1) is 11.3 Å². The van der Waals surface area contributed by atoms with Crippen LogP contribution in [0.2, 0.25) is 0 Å². The largest absolute Gasteiger partial charge is 0.487 e. The number of para-hydroxylation sites is 1. The van der Waals surface area contributed by atoms with E-state index in [1.54, 1.807) is 6.20 Å². The van der Waals surface area contributed by atoms with Crippen molar-refractivity contribution in [1.82, 2.24) is 15.2 Å². The standard InChI is InChI=1S/C25H29N3O2S/c1-25(2)14-19-5-3-6-20(22(19)30-25)16-28-11-8-17(9-12-28)15-27-23(29)21-13-18-7-4-10-26-24(18)31-21/h3-7,10,13,17H,8-9,11-12,14-16H2,1-2H3,(H,27,29). The van der Waals surface area contributed by atoms with Crippen LogP contribution in [-0.4, -0.2) is 41.0 Å². The molecule has 4 heterocycles. The van der Waals surface area contributed by atoms with E-state index < -0.39 is 0 Å². The Bertz CT molecular complexity index is 1070. The van der Waals surface area contributed by atoms with Gasteiger partial charge in [0.25, 0.3) is 5.91 Å². The van der Waals surface area contributed by atoms with Gasteiger partial charge in [-0.05, 0) is 63.4 Å². The van der Waals surface area contributed by atoms with Crippen LogP contribution < -0.4 is 10.1 Å². The molecule has 1 aromatic carbocycles. The lowest BCUT2D eigenvalue weighted by Gasteiger charge is -2.32. The molecule has 2 aliphatic heterocycles. The van der Waals surface area contributed by atoms with Gasteiger partial charge in [0.1, 0.15) is 16.2 Å². The highest BCUT2D eigenvalue weighted by Crippen LogP contribution is 2.38. The third kappa shape index (κ3) is 4.46. The van der Waals surface area contributed by atoms with Gasteiger partial charge >= 0.3 is 0 Å². The van der Waals surface area contributed by atoms with Crippen molar-refractivity contribution in [1.29, 1.82) is 0 Å². The molecule has 162 valence electrons. The van der Waals surface area contributed by atoms with E-state index >= 15 is 0 Å². The second-order valence-corrected chi connectivity index (χ2v) is 10.4. The number of ether oxygens (including phenoxy) is 1. The normalized spacial score (nSPS) is 18.6. The van der Waals surface area contributed by atoms with Gasteiger partial charge in [-0.25, -0.2) is 4.98 Å². The van der Waals surface area contributed by atoms with E-state index in [1.165, 1.54) is 22.5 Å². The van der Waals surface area contributed by atoms with Crippen LogP contribution in [0.4, 0.5) is 0 Å². The summed E-state index contributed by atoms with van der Waals surface area (Å²) in [6, 6.07) is 12.4. The molecule has 0 atom stereocenters. The topological polar surface area (TPSA) is 54.5 Å². The van der Waals surface area contributed by atoms with Crippen LogP contribution in [-0.2, 0) is 13.0 Å². The zero-order valence-electron chi connectivity index (χ0n) is 18.2. The number of amides is 1. The maximum atomic E-state index is 12.6. The summed E-state index contributed by atoms with van der Waals surface area (Å²) < 4.78 is 6.24. The van der Waals surface area contributed by atoms with Gasteiger partial charge in [0.2, 0.25) is 0 Å². The van der Waals surface area contributed by atoms with Gasteiger partial charge in [0.15, 0.2) is 0 Å². The monoisotopic (exact) mass is 435 g/mol. The van der Waals surface area contributed by atoms with Crippen LogP contribution in [0.15, 0.2) is 42.6 Å². The number of piperidine rings is 1. The Kier molecular flexibility index (Phi) is 5.44. The fraction of sp³-hybridized carbons (Fsp3) is 0.440. The van der Waals surface area contributed by atoms with Crippen LogP contribution in [0, 0.1) is 5.92 Å². The maximum absolute atomic E-state index is 12.6. The third-order valence-electron chi connectivity index (χ3n) is 6.34. The number of nitrogens with one attached hydrogen (secondary N) is 1. The Balaban J connectivity index is 1.12. The molecule has 5 rings (SSSR count). The van der Waals surface area contributed by atoms with Gasteiger partial charge < -0.3 is 10.1 Å². The van der Waals surface area contributed by atoms with Crippen molar-refractivity contribution < 1.29 is 9.53 Å². The number of rotatable bonds is 5. The number of carbonyl (C=O) groups is 1. The number of nitrogens with zero attached hydrogens (tertiary/aromatic N) is 2. The van der Waals surface area contributed by atoms with Crippen LogP contribution in [0.1, 0.15) is 47.5 Å². The molecule has 1 amide bonds. The van der Waals surface area contributed by atoms with Gasteiger partial charge in [0, 0.05) is 36.7 Å². The Labute approximate surface area is 187 Å². The minimum atomic E-state index is -0.103. The Morgan fingerprint density at radius 2 is 2.10 bits per heavy atom. The van der Waals surface area contributed by atoms with Crippen molar-refractivity contribution in [2.24, 2.45) is 5.92 Å². The molecule has 6 heteroatoms. The van der Waals surface area contributed by atoms with E-state index in [0.29, 0.717) is 5.92 Å². The highest BCUT2D eigenvalue weighted by molar-refractivity contribution is 7.20. The second-order valence-electron chi connectivity index (χ2n) is 9.38. The molecule has 0 spiro atoms. The summed E-state index contributed by atoms with van der Waals surface area (Å²) in [6.07, 6.45) is 4.96. The quantitative estimate of drug-likeness (QED) is 0.634. The first-order valence-corrected chi connectivity index (χ1v) is 11.9. The lowest BCUT2D eigenvalue weighted by molar-refractivity contribution is 0.0938. The number of hydrogen-bond acceptors (Lipinski definition) is 5. The maximum Gasteiger partial charge on any atom is 0.261 e. The fourth-order valence-electron chi connectivity index (χ4n) is 4.70. The summed E-state index contributed by atoms with van der Waals surface area (Å²) in [5.74, 6) is 1.65. The first kappa shape index (κ1) is 20.5. The number of pyridine rings is 1. The molecular formula is C25H29N3O2S. The van der Waals surface area contributed by atoms with Gasteiger partial charge in [-0.3, -0.25) is 9.69 Å². The summed E-state index contributed by atoms with van der Waals surface area (Å²) in [4.78, 5) is 21.1. The van der Waals surface area contributed by atoms with E-state index in [1.807, 2.05) is 18.2 Å². The average Bonchev–Trinajstić information content (AvgIpc) is 3.33. The summed E-state index contributed by atoms with van der Waals surface area (Å²) in [7, 11) is 0. The predicted octanol–water partition coefficient (Wildman–Crippen LogP) is 4.65. The third-order valence-corrected chi connectivity index (χ3v) is 7.40. The molecule has 3 aromatic rings. The number of carbonyl (C=O) groups excluding carboxylic acids is 1. The number of fused-ring (bicyclic) bond motifs is 2. The highest BCUT2D eigenvalue weighted by atomic mass is 32.1. The van der Waals surface area contributed by atoms with Crippen LogP contribution in [0.25, 0.3) is 10.2 Å². The molecule has 0 bridgehead atoms. The number of likely N-dealkylation sites (tertiary alicyclic amines) is 1. The lowest BCUT2D eigenvalue weighted by atomic mass is 9.96. The SMILES string of the molecule is CC1(C)Cc2cccc(CN3CCC(CNC(=O)c4cc5cccnc5s4)CC3)c2O1. The van der Waals surface area contributed by atoms with Crippen LogP contribution in [0.3, 0.4) is 0 Å². The molecule has 0 saturated carbocycles. The molecule has 5 nitrogen and oxygen atoms in total. The number of aromatic nitrogens is 1. The van der Waals surface area contributed by atoms with Gasteiger partial charge in [-0.2, -0.15) is 0 Å². The molecule has 31 heavy (non-hydrogen) atoms. The van der Waals surface area contributed by atoms with E-state index in [0.717, 1.165) is 66.3 Å². The fourth-order valence-corrected chi connectivity index (χ4v) is 5.62. The van der Waals surface area contributed by atoms with Crippen molar-refractivity contribution >= 4 is 27.5 Å². The Morgan fingerprint density at radius 1 is 1.26 bits per heavy atom. The van der Waals surface area contributed by atoms with Crippen molar-refractivity contribution in [3.05, 3.63) is 58.6 Å². The summed E-state index contributed by atoms with van der Waals surface area (Å²) >= 11 is 1.46. The van der Waals surface area contributed by atoms with E-state index in [2.05, 4.69) is 47.2 Å². The molecule has 2 aliphatic rings. The molecule has 2 aromatic heterocycles. The Morgan fingerprint density at radius 3 is 2.90 bits per heavy atom. The summed E-state index contributed by atoms with van der Waals surface area (Å²) in [5.41, 5.74) is 2.53. The minimum absolute atomic E-state index is 0.0186. The molecule has 1 saturated heterocycles. The minimum Gasteiger partial charge on any atom is -0.487 e. The van der Waals surface area contributed by atoms with Crippen molar-refractivity contribution in [3.63, 3.8) is 0 Å².